The SMILES string of the molecule is CCOc1nc2ccccc2nc1OC[C@@H]1CCN(C(=O)OC(C)(C)C)C1. The number of ether oxygens (including phenoxy) is 3. The van der Waals surface area contributed by atoms with E-state index < -0.39 is 5.60 Å². The molecule has 146 valence electrons. The van der Waals surface area contributed by atoms with Gasteiger partial charge in [-0.15, -0.1) is 0 Å². The number of benzene rings is 1. The van der Waals surface area contributed by atoms with Crippen LogP contribution in [0.15, 0.2) is 24.3 Å². The molecule has 1 aliphatic heterocycles. The highest BCUT2D eigenvalue weighted by Gasteiger charge is 2.30. The third-order valence-electron chi connectivity index (χ3n) is 4.18. The van der Waals surface area contributed by atoms with Crippen molar-refractivity contribution in [1.82, 2.24) is 14.9 Å². The van der Waals surface area contributed by atoms with E-state index in [1.807, 2.05) is 52.0 Å². The number of hydrogen-bond acceptors (Lipinski definition) is 6. The fourth-order valence-corrected chi connectivity index (χ4v) is 2.95. The lowest BCUT2D eigenvalue weighted by Gasteiger charge is -2.24. The number of carbonyl (C=O) groups excluding carboxylic acids is 1. The standard InChI is InChI=1S/C20H27N3O4/c1-5-25-17-18(22-16-9-7-6-8-15(16)21-17)26-13-14-10-11-23(12-14)19(24)27-20(2,3)4/h6-9,14H,5,10-13H2,1-4H3/t14-/m1/s1. The van der Waals surface area contributed by atoms with Gasteiger partial charge in [-0.05, 0) is 46.2 Å². The van der Waals surface area contributed by atoms with E-state index in [2.05, 4.69) is 9.97 Å². The van der Waals surface area contributed by atoms with E-state index >= 15 is 0 Å². The van der Waals surface area contributed by atoms with Gasteiger partial charge < -0.3 is 19.1 Å². The van der Waals surface area contributed by atoms with Gasteiger partial charge in [-0.25, -0.2) is 14.8 Å². The van der Waals surface area contributed by atoms with Crippen LogP contribution in [0.1, 0.15) is 34.1 Å². The number of para-hydroxylation sites is 2. The van der Waals surface area contributed by atoms with Gasteiger partial charge in [0.2, 0.25) is 0 Å². The van der Waals surface area contributed by atoms with Crippen molar-refractivity contribution in [3.05, 3.63) is 24.3 Å². The highest BCUT2D eigenvalue weighted by atomic mass is 16.6. The topological polar surface area (TPSA) is 73.8 Å². The van der Waals surface area contributed by atoms with Crippen LogP contribution in [0.2, 0.25) is 0 Å². The molecule has 7 nitrogen and oxygen atoms in total. The maximum atomic E-state index is 12.2. The van der Waals surface area contributed by atoms with Crippen molar-refractivity contribution >= 4 is 17.1 Å². The number of fused-ring (bicyclic) bond motifs is 1. The third-order valence-corrected chi connectivity index (χ3v) is 4.18. The van der Waals surface area contributed by atoms with Crippen molar-refractivity contribution in [2.45, 2.75) is 39.7 Å². The van der Waals surface area contributed by atoms with Crippen LogP contribution in [0.5, 0.6) is 11.8 Å². The number of likely N-dealkylation sites (tertiary alicyclic amines) is 1. The minimum absolute atomic E-state index is 0.222. The van der Waals surface area contributed by atoms with Gasteiger partial charge >= 0.3 is 6.09 Å². The molecule has 7 heteroatoms. The van der Waals surface area contributed by atoms with Gasteiger partial charge in [0.25, 0.3) is 11.8 Å². The first kappa shape index (κ1) is 19.2. The van der Waals surface area contributed by atoms with E-state index in [-0.39, 0.29) is 12.0 Å². The maximum Gasteiger partial charge on any atom is 0.410 e. The van der Waals surface area contributed by atoms with Crippen LogP contribution in [0, 0.1) is 5.92 Å². The molecule has 0 N–H and O–H groups in total. The van der Waals surface area contributed by atoms with Gasteiger partial charge in [0.1, 0.15) is 5.60 Å². The van der Waals surface area contributed by atoms with Crippen LogP contribution in [0.4, 0.5) is 4.79 Å². The summed E-state index contributed by atoms with van der Waals surface area (Å²) in [5.74, 6) is 1.02. The van der Waals surface area contributed by atoms with Crippen molar-refractivity contribution in [3.8, 4) is 11.8 Å². The first-order valence-corrected chi connectivity index (χ1v) is 9.36. The largest absolute Gasteiger partial charge is 0.474 e. The van der Waals surface area contributed by atoms with Gasteiger partial charge in [0, 0.05) is 19.0 Å². The average Bonchev–Trinajstić information content (AvgIpc) is 3.08. The van der Waals surface area contributed by atoms with E-state index in [0.717, 1.165) is 17.5 Å². The average molecular weight is 373 g/mol. The summed E-state index contributed by atoms with van der Waals surface area (Å²) in [6.45, 7) is 9.73. The first-order chi connectivity index (χ1) is 12.9. The fraction of sp³-hybridized carbons (Fsp3) is 0.550. The number of hydrogen-bond donors (Lipinski definition) is 0. The molecule has 2 aromatic rings. The van der Waals surface area contributed by atoms with Crippen LogP contribution in [0.25, 0.3) is 11.0 Å². The highest BCUT2D eigenvalue weighted by molar-refractivity contribution is 5.75. The summed E-state index contributed by atoms with van der Waals surface area (Å²) in [5, 5.41) is 0. The van der Waals surface area contributed by atoms with Crippen molar-refractivity contribution in [3.63, 3.8) is 0 Å². The zero-order chi connectivity index (χ0) is 19.4. The molecule has 1 aromatic carbocycles. The van der Waals surface area contributed by atoms with E-state index in [0.29, 0.717) is 38.1 Å². The molecule has 0 aliphatic carbocycles. The second-order valence-electron chi connectivity index (χ2n) is 7.65. The Balaban J connectivity index is 1.63. The van der Waals surface area contributed by atoms with Gasteiger partial charge in [-0.3, -0.25) is 0 Å². The molecule has 3 rings (SSSR count). The summed E-state index contributed by atoms with van der Waals surface area (Å²) in [5.41, 5.74) is 1.04. The van der Waals surface area contributed by atoms with E-state index in [1.54, 1.807) is 4.90 Å². The molecule has 0 radical (unpaired) electrons. The van der Waals surface area contributed by atoms with E-state index in [4.69, 9.17) is 14.2 Å². The molecule has 1 saturated heterocycles. The summed E-state index contributed by atoms with van der Waals surface area (Å²) in [4.78, 5) is 23.0. The smallest absolute Gasteiger partial charge is 0.410 e. The predicted molar refractivity (Wildman–Crippen MR) is 102 cm³/mol. The summed E-state index contributed by atoms with van der Waals surface area (Å²) in [6.07, 6.45) is 0.593. The Hall–Kier alpha value is -2.57. The van der Waals surface area contributed by atoms with Crippen LogP contribution in [-0.2, 0) is 4.74 Å². The molecule has 1 fully saturated rings. The van der Waals surface area contributed by atoms with Crippen molar-refractivity contribution in [2.24, 2.45) is 5.92 Å². The van der Waals surface area contributed by atoms with Crippen molar-refractivity contribution < 1.29 is 19.0 Å². The Bertz CT molecular complexity index is 803. The summed E-state index contributed by atoms with van der Waals surface area (Å²) in [7, 11) is 0. The Kier molecular flexibility index (Phi) is 5.68. The number of carbonyl (C=O) groups is 1. The Morgan fingerprint density at radius 3 is 2.37 bits per heavy atom. The van der Waals surface area contributed by atoms with Gasteiger partial charge in [0.05, 0.1) is 24.2 Å². The summed E-state index contributed by atoms with van der Waals surface area (Å²) in [6, 6.07) is 7.61. The van der Waals surface area contributed by atoms with E-state index in [9.17, 15) is 4.79 Å². The molecule has 0 saturated carbocycles. The minimum atomic E-state index is -0.487. The van der Waals surface area contributed by atoms with Crippen LogP contribution < -0.4 is 9.47 Å². The number of rotatable bonds is 5. The minimum Gasteiger partial charge on any atom is -0.474 e. The number of aromatic nitrogens is 2. The number of nitrogens with zero attached hydrogens (tertiary/aromatic N) is 3. The normalized spacial score (nSPS) is 17.2. The summed E-state index contributed by atoms with van der Waals surface area (Å²) < 4.78 is 17.0. The van der Waals surface area contributed by atoms with Crippen molar-refractivity contribution in [1.29, 1.82) is 0 Å². The fourth-order valence-electron chi connectivity index (χ4n) is 2.95. The second kappa shape index (κ2) is 7.98. The Morgan fingerprint density at radius 2 is 1.78 bits per heavy atom. The lowest BCUT2D eigenvalue weighted by atomic mass is 10.1. The maximum absolute atomic E-state index is 12.2. The molecule has 27 heavy (non-hydrogen) atoms. The van der Waals surface area contributed by atoms with Crippen LogP contribution in [-0.4, -0.2) is 52.9 Å². The Labute approximate surface area is 159 Å². The van der Waals surface area contributed by atoms with E-state index in [1.165, 1.54) is 0 Å². The molecule has 1 amide bonds. The quantitative estimate of drug-likeness (QED) is 0.796. The van der Waals surface area contributed by atoms with Crippen LogP contribution >= 0.6 is 0 Å². The molecule has 0 bridgehead atoms. The molecular formula is C20H27N3O4. The lowest BCUT2D eigenvalue weighted by molar-refractivity contribution is 0.0284. The van der Waals surface area contributed by atoms with Crippen molar-refractivity contribution in [2.75, 3.05) is 26.3 Å². The molecule has 1 aromatic heterocycles. The molecular weight excluding hydrogens is 346 g/mol. The van der Waals surface area contributed by atoms with Gasteiger partial charge in [0.15, 0.2) is 0 Å². The first-order valence-electron chi connectivity index (χ1n) is 9.36. The lowest BCUT2D eigenvalue weighted by Crippen LogP contribution is -2.35. The molecule has 2 heterocycles. The molecule has 1 aliphatic rings. The zero-order valence-electron chi connectivity index (χ0n) is 16.4. The zero-order valence-corrected chi connectivity index (χ0v) is 16.4. The monoisotopic (exact) mass is 373 g/mol. The third kappa shape index (κ3) is 4.99. The molecule has 0 spiro atoms. The molecule has 0 unspecified atom stereocenters. The Morgan fingerprint density at radius 1 is 1.15 bits per heavy atom. The van der Waals surface area contributed by atoms with Gasteiger partial charge in [-0.2, -0.15) is 0 Å². The second-order valence-corrected chi connectivity index (χ2v) is 7.65. The summed E-state index contributed by atoms with van der Waals surface area (Å²) >= 11 is 0. The number of amides is 1. The highest BCUT2D eigenvalue weighted by Crippen LogP contribution is 2.27. The predicted octanol–water partition coefficient (Wildman–Crippen LogP) is 3.66. The van der Waals surface area contributed by atoms with Crippen LogP contribution in [0.3, 0.4) is 0 Å². The molecule has 1 atom stereocenters. The van der Waals surface area contributed by atoms with Gasteiger partial charge in [-0.1, -0.05) is 12.1 Å².